The second-order valence-corrected chi connectivity index (χ2v) is 14.9. The van der Waals surface area contributed by atoms with Crippen LogP contribution in [-0.4, -0.2) is 140 Å². The molecule has 0 spiro atoms. The zero-order valence-electron chi connectivity index (χ0n) is 38.0. The first-order chi connectivity index (χ1) is 28.3. The Bertz CT molecular complexity index is 1040. The van der Waals surface area contributed by atoms with Crippen LogP contribution in [0.3, 0.4) is 0 Å². The van der Waals surface area contributed by atoms with Gasteiger partial charge in [0.05, 0.1) is 50.5 Å². The number of unbranched alkanes of at least 4 members (excludes halogenated alkanes) is 14. The molecule has 354 valence electrons. The van der Waals surface area contributed by atoms with Crippen molar-refractivity contribution in [1.29, 1.82) is 0 Å². The summed E-state index contributed by atoms with van der Waals surface area (Å²) in [5, 5.41) is 87.0. The number of ether oxygens (including phenoxy) is 2. The maximum absolute atomic E-state index is 11.0. The van der Waals surface area contributed by atoms with Gasteiger partial charge in [0.15, 0.2) is 0 Å². The Morgan fingerprint density at radius 3 is 0.689 bits per heavy atom. The van der Waals surface area contributed by atoms with Crippen LogP contribution in [0.2, 0.25) is 0 Å². The number of carboxylic acid groups (broad SMARTS) is 4. The molecule has 0 saturated heterocycles. The Labute approximate surface area is 405 Å². The van der Waals surface area contributed by atoms with E-state index in [1.54, 1.807) is 0 Å². The molecule has 0 saturated carbocycles. The maximum Gasteiger partial charge on any atom is 1.00 e. The minimum Gasteiger partial charge on any atom is -1.00 e. The van der Waals surface area contributed by atoms with E-state index in [2.05, 4.69) is 13.2 Å². The fraction of sp³-hybridized carbons (Fsp3) is 0.762. The number of carboxylic acids is 4. The number of carbonyl (C=O) groups is 6. The predicted molar refractivity (Wildman–Crippen MR) is 223 cm³/mol. The van der Waals surface area contributed by atoms with E-state index < -0.39 is 86.3 Å². The zero-order valence-corrected chi connectivity index (χ0v) is 40.1. The van der Waals surface area contributed by atoms with Crippen LogP contribution in [0.15, 0.2) is 24.3 Å². The quantitative estimate of drug-likeness (QED) is 0.0189. The molecule has 0 rings (SSSR count). The summed E-state index contributed by atoms with van der Waals surface area (Å²) >= 11 is 0. The number of hydrogen-bond acceptors (Lipinski definition) is 14. The third kappa shape index (κ3) is 47.0. The van der Waals surface area contributed by atoms with Gasteiger partial charge in [0.25, 0.3) is 0 Å². The van der Waals surface area contributed by atoms with E-state index in [1.165, 1.54) is 13.8 Å². The number of aliphatic hydroxyl groups is 6. The van der Waals surface area contributed by atoms with Crippen LogP contribution in [0.25, 0.3) is 0 Å². The molecule has 0 amide bonds. The average Bonchev–Trinajstić information content (AvgIpc) is 3.20. The van der Waals surface area contributed by atoms with Gasteiger partial charge in [0.2, 0.25) is 0 Å². The van der Waals surface area contributed by atoms with Gasteiger partial charge in [-0.15, -0.1) is 0 Å². The molecule has 10 N–H and O–H groups in total. The van der Waals surface area contributed by atoms with Gasteiger partial charge in [-0.1, -0.05) is 90.2 Å². The maximum atomic E-state index is 11.0. The Kier molecular flexibility index (Phi) is 50.8. The Morgan fingerprint density at radius 2 is 0.557 bits per heavy atom. The van der Waals surface area contributed by atoms with Crippen molar-refractivity contribution in [3.63, 3.8) is 0 Å². The zero-order chi connectivity index (χ0) is 46.8. The third-order valence-electron chi connectivity index (χ3n) is 8.79. The fourth-order valence-electron chi connectivity index (χ4n) is 4.48. The molecule has 18 nitrogen and oxygen atoms in total. The summed E-state index contributed by atoms with van der Waals surface area (Å²) in [6, 6.07) is 0. The molecule has 0 atom stereocenters. The van der Waals surface area contributed by atoms with Gasteiger partial charge in [-0.25, -0.2) is 9.59 Å². The molecule has 0 unspecified atom stereocenters. The fourth-order valence-corrected chi connectivity index (χ4v) is 4.48. The van der Waals surface area contributed by atoms with E-state index in [-0.39, 0.29) is 103 Å². The first kappa shape index (κ1) is 67.8. The molecule has 0 aromatic carbocycles. The standard InChI is InChI=1S/2C12H22O4.2C9H16O5.K.H/c2*13-11(14)9-7-5-3-1-2-4-6-8-10-12(15)16;2*1-7(2)8(13)14-6-9(3-10,4-11)5-12;;/h2*1-10H2,(H,13,14)(H,15,16);2*10-12H,1,3-6H2,2H3;;/q;;;;+1;-1. The summed E-state index contributed by atoms with van der Waals surface area (Å²) in [5.74, 6) is -4.07. The van der Waals surface area contributed by atoms with Crippen molar-refractivity contribution in [1.82, 2.24) is 0 Å². The van der Waals surface area contributed by atoms with Crippen LogP contribution in [0.1, 0.15) is 144 Å². The molecule has 0 aromatic heterocycles. The van der Waals surface area contributed by atoms with Crippen LogP contribution >= 0.6 is 0 Å². The van der Waals surface area contributed by atoms with Gasteiger partial charge in [-0.3, -0.25) is 19.2 Å². The summed E-state index contributed by atoms with van der Waals surface area (Å²) in [6.07, 6.45) is 17.0. The SMILES string of the molecule is C=C(C)C(=O)OCC(CO)(CO)CO.C=C(C)C(=O)OCC(CO)(CO)CO.O=C(O)CCCCCCCCCCC(=O)O.O=C(O)CCCCCCCCCCC(=O)O.[H-].[K+]. The third-order valence-corrected chi connectivity index (χ3v) is 8.79. The largest absolute Gasteiger partial charge is 1.00 e. The van der Waals surface area contributed by atoms with Crippen LogP contribution in [-0.2, 0) is 38.2 Å². The van der Waals surface area contributed by atoms with Crippen molar-refractivity contribution >= 4 is 35.8 Å². The van der Waals surface area contributed by atoms with Crippen molar-refractivity contribution in [2.24, 2.45) is 10.8 Å². The minimum absolute atomic E-state index is 0. The van der Waals surface area contributed by atoms with E-state index >= 15 is 0 Å². The number of aliphatic hydroxyl groups excluding tert-OH is 6. The average molecular weight is 909 g/mol. The van der Waals surface area contributed by atoms with Gasteiger partial charge < -0.3 is 62.0 Å². The summed E-state index contributed by atoms with van der Waals surface area (Å²) < 4.78 is 9.45. The summed E-state index contributed by atoms with van der Waals surface area (Å²) in [4.78, 5) is 62.8. The Morgan fingerprint density at radius 1 is 0.393 bits per heavy atom. The minimum atomic E-state index is -1.18. The molecule has 0 aliphatic rings. The Hall–Kier alpha value is -2.30. The van der Waals surface area contributed by atoms with Crippen LogP contribution in [0.4, 0.5) is 0 Å². The van der Waals surface area contributed by atoms with Gasteiger partial charge in [0, 0.05) is 36.8 Å². The predicted octanol–water partition coefficient (Wildman–Crippen LogP) is 1.37. The topological polar surface area (TPSA) is 323 Å². The molecule has 0 radical (unpaired) electrons. The normalized spacial score (nSPS) is 10.5. The molecule has 0 aliphatic carbocycles. The van der Waals surface area contributed by atoms with Crippen molar-refractivity contribution < 1.29 is 142 Å². The van der Waals surface area contributed by atoms with Crippen molar-refractivity contribution in [3.05, 3.63) is 24.3 Å². The Balaban J connectivity index is -0.000000167. The number of hydrogen-bond donors (Lipinski definition) is 10. The number of rotatable bonds is 34. The molecule has 61 heavy (non-hydrogen) atoms. The monoisotopic (exact) mass is 908 g/mol. The van der Waals surface area contributed by atoms with E-state index in [1.807, 2.05) is 0 Å². The molecule has 0 aromatic rings. The van der Waals surface area contributed by atoms with Gasteiger partial charge in [-0.05, 0) is 39.5 Å². The number of esters is 2. The van der Waals surface area contributed by atoms with E-state index in [9.17, 15) is 28.8 Å². The van der Waals surface area contributed by atoms with Gasteiger partial charge in [-0.2, -0.15) is 0 Å². The molecule has 0 bridgehead atoms. The molecule has 0 aliphatic heterocycles. The van der Waals surface area contributed by atoms with Gasteiger partial charge in [0.1, 0.15) is 13.2 Å². The van der Waals surface area contributed by atoms with Gasteiger partial charge >= 0.3 is 87.2 Å². The van der Waals surface area contributed by atoms with Crippen molar-refractivity contribution in [3.8, 4) is 0 Å². The molecular formula is C42H77KO18. The first-order valence-electron chi connectivity index (χ1n) is 20.5. The second-order valence-electron chi connectivity index (χ2n) is 14.9. The van der Waals surface area contributed by atoms with Crippen molar-refractivity contribution in [2.45, 2.75) is 142 Å². The van der Waals surface area contributed by atoms with E-state index in [0.717, 1.165) is 103 Å². The first-order valence-corrected chi connectivity index (χ1v) is 20.5. The molecule has 0 heterocycles. The summed E-state index contributed by atoms with van der Waals surface area (Å²) in [6.45, 7) is 6.52. The molecular weight excluding hydrogens is 832 g/mol. The second kappa shape index (κ2) is 45.7. The van der Waals surface area contributed by atoms with E-state index in [0.29, 0.717) is 0 Å². The molecule has 0 fully saturated rings. The smallest absolute Gasteiger partial charge is 1.00 e. The summed E-state index contributed by atoms with van der Waals surface area (Å²) in [5.41, 5.74) is -1.89. The molecule has 19 heteroatoms. The van der Waals surface area contributed by atoms with Crippen LogP contribution in [0.5, 0.6) is 0 Å². The summed E-state index contributed by atoms with van der Waals surface area (Å²) in [7, 11) is 0. The number of aliphatic carboxylic acids is 4. The van der Waals surface area contributed by atoms with Crippen LogP contribution < -0.4 is 51.4 Å². The van der Waals surface area contributed by atoms with E-state index in [4.69, 9.17) is 60.5 Å². The van der Waals surface area contributed by atoms with Crippen LogP contribution in [0, 0.1) is 10.8 Å². The van der Waals surface area contributed by atoms with Crippen molar-refractivity contribution in [2.75, 3.05) is 52.9 Å². The number of carbonyl (C=O) groups excluding carboxylic acids is 2.